The van der Waals surface area contributed by atoms with E-state index in [2.05, 4.69) is 10.5 Å². The van der Waals surface area contributed by atoms with Crippen molar-refractivity contribution in [3.63, 3.8) is 0 Å². The van der Waals surface area contributed by atoms with Gasteiger partial charge < -0.3 is 9.84 Å². The van der Waals surface area contributed by atoms with Crippen LogP contribution in [0.1, 0.15) is 28.0 Å². The Balaban J connectivity index is 1.65. The van der Waals surface area contributed by atoms with Crippen LogP contribution in [0.3, 0.4) is 0 Å². The Hall–Kier alpha value is -2.23. The average Bonchev–Trinajstić information content (AvgIpc) is 3.05. The lowest BCUT2D eigenvalue weighted by Gasteiger charge is -2.34. The Morgan fingerprint density at radius 1 is 1.03 bits per heavy atom. The zero-order chi connectivity index (χ0) is 21.3. The molecule has 9 heteroatoms. The number of anilines is 1. The van der Waals surface area contributed by atoms with E-state index in [9.17, 15) is 13.2 Å². The fourth-order valence-corrected chi connectivity index (χ4v) is 5.63. The number of hydrogen-bond donors (Lipinski definition) is 1. The molecule has 1 aromatic carbocycles. The molecule has 1 saturated heterocycles. The van der Waals surface area contributed by atoms with Crippen molar-refractivity contribution in [1.29, 1.82) is 0 Å². The lowest BCUT2D eigenvalue weighted by atomic mass is 10.0. The van der Waals surface area contributed by atoms with Gasteiger partial charge in [0.05, 0.1) is 11.4 Å². The summed E-state index contributed by atoms with van der Waals surface area (Å²) in [6.07, 6.45) is 0. The molecule has 3 rings (SSSR count). The van der Waals surface area contributed by atoms with Crippen molar-refractivity contribution in [2.24, 2.45) is 0 Å². The maximum atomic E-state index is 13.3. The fraction of sp³-hybridized carbons (Fsp3) is 0.500. The molecule has 1 aliphatic rings. The second-order valence-electron chi connectivity index (χ2n) is 7.64. The van der Waals surface area contributed by atoms with Crippen molar-refractivity contribution < 1.29 is 17.7 Å². The molecule has 0 saturated carbocycles. The van der Waals surface area contributed by atoms with Crippen LogP contribution in [0.4, 0.5) is 5.82 Å². The monoisotopic (exact) mass is 420 g/mol. The predicted octanol–water partition coefficient (Wildman–Crippen LogP) is 2.16. The van der Waals surface area contributed by atoms with Gasteiger partial charge in [-0.25, -0.2) is 8.42 Å². The third kappa shape index (κ3) is 4.52. The molecular formula is C20H28N4O4S. The molecule has 158 valence electrons. The smallest absolute Gasteiger partial charge is 0.243 e. The zero-order valence-electron chi connectivity index (χ0n) is 17.6. The van der Waals surface area contributed by atoms with Gasteiger partial charge in [-0.2, -0.15) is 4.31 Å². The van der Waals surface area contributed by atoms with Gasteiger partial charge in [0.2, 0.25) is 15.9 Å². The molecule has 1 amide bonds. The van der Waals surface area contributed by atoms with Gasteiger partial charge in [-0.15, -0.1) is 0 Å². The van der Waals surface area contributed by atoms with Crippen molar-refractivity contribution in [3.8, 4) is 0 Å². The summed E-state index contributed by atoms with van der Waals surface area (Å²) < 4.78 is 33.1. The summed E-state index contributed by atoms with van der Waals surface area (Å²) in [5.41, 5.74) is 3.56. The van der Waals surface area contributed by atoms with Gasteiger partial charge in [0.15, 0.2) is 5.82 Å². The van der Waals surface area contributed by atoms with Gasteiger partial charge in [-0.3, -0.25) is 9.69 Å². The third-order valence-corrected chi connectivity index (χ3v) is 7.66. The first kappa shape index (κ1) is 21.5. The van der Waals surface area contributed by atoms with Crippen molar-refractivity contribution in [1.82, 2.24) is 14.4 Å². The number of sulfonamides is 1. The number of amides is 1. The summed E-state index contributed by atoms with van der Waals surface area (Å²) >= 11 is 0. The van der Waals surface area contributed by atoms with E-state index in [4.69, 9.17) is 4.52 Å². The first-order chi connectivity index (χ1) is 13.6. The number of carbonyl (C=O) groups excluding carboxylic acids is 1. The van der Waals surface area contributed by atoms with Gasteiger partial charge in [0.25, 0.3) is 0 Å². The van der Waals surface area contributed by atoms with Gasteiger partial charge >= 0.3 is 0 Å². The van der Waals surface area contributed by atoms with Crippen molar-refractivity contribution in [2.75, 3.05) is 38.0 Å². The minimum Gasteiger partial charge on any atom is -0.360 e. The number of rotatable bonds is 5. The quantitative estimate of drug-likeness (QED) is 0.796. The van der Waals surface area contributed by atoms with Crippen molar-refractivity contribution in [3.05, 3.63) is 40.1 Å². The number of piperazine rings is 1. The molecule has 0 spiro atoms. The first-order valence-electron chi connectivity index (χ1n) is 9.62. The number of carbonyl (C=O) groups is 1. The topological polar surface area (TPSA) is 95.8 Å². The Kier molecular flexibility index (Phi) is 6.11. The number of aromatic nitrogens is 1. The van der Waals surface area contributed by atoms with Gasteiger partial charge in [0, 0.05) is 32.2 Å². The number of benzene rings is 1. The van der Waals surface area contributed by atoms with Crippen LogP contribution < -0.4 is 5.32 Å². The highest BCUT2D eigenvalue weighted by Crippen LogP contribution is 2.29. The van der Waals surface area contributed by atoms with Crippen molar-refractivity contribution >= 4 is 21.7 Å². The number of hydrogen-bond acceptors (Lipinski definition) is 6. The van der Waals surface area contributed by atoms with Crippen LogP contribution in [0.25, 0.3) is 0 Å². The minimum atomic E-state index is -3.58. The lowest BCUT2D eigenvalue weighted by molar-refractivity contribution is -0.117. The van der Waals surface area contributed by atoms with E-state index in [-0.39, 0.29) is 12.5 Å². The van der Waals surface area contributed by atoms with Gasteiger partial charge in [-0.05, 0) is 56.9 Å². The summed E-state index contributed by atoms with van der Waals surface area (Å²) in [7, 11) is -3.58. The molecule has 0 aliphatic carbocycles. The Morgan fingerprint density at radius 3 is 2.14 bits per heavy atom. The summed E-state index contributed by atoms with van der Waals surface area (Å²) in [5.74, 6) is 0.807. The summed E-state index contributed by atoms with van der Waals surface area (Å²) in [5, 5.41) is 6.43. The van der Waals surface area contributed by atoms with E-state index in [0.29, 0.717) is 42.7 Å². The SMILES string of the molecule is Cc1cc(NC(=O)CN2CCN(S(=O)(=O)c3c(C)c(C)cc(C)c3C)CC2)no1. The largest absolute Gasteiger partial charge is 0.360 e. The molecule has 1 aromatic heterocycles. The third-order valence-electron chi connectivity index (χ3n) is 5.49. The van der Waals surface area contributed by atoms with E-state index in [1.54, 1.807) is 13.0 Å². The first-order valence-corrected chi connectivity index (χ1v) is 11.1. The molecule has 2 heterocycles. The normalized spacial score (nSPS) is 16.2. The van der Waals surface area contributed by atoms with E-state index in [1.165, 1.54) is 4.31 Å². The van der Waals surface area contributed by atoms with Gasteiger partial charge in [-0.1, -0.05) is 11.2 Å². The molecule has 1 aliphatic heterocycles. The highest BCUT2D eigenvalue weighted by molar-refractivity contribution is 7.89. The van der Waals surface area contributed by atoms with Crippen LogP contribution in [-0.4, -0.2) is 61.4 Å². The molecule has 0 atom stereocenters. The Bertz CT molecular complexity index is 995. The molecule has 0 radical (unpaired) electrons. The molecule has 2 aromatic rings. The lowest BCUT2D eigenvalue weighted by Crippen LogP contribution is -2.50. The van der Waals surface area contributed by atoms with Crippen LogP contribution in [-0.2, 0) is 14.8 Å². The molecule has 0 bridgehead atoms. The predicted molar refractivity (Wildman–Crippen MR) is 110 cm³/mol. The second kappa shape index (κ2) is 8.25. The van der Waals surface area contributed by atoms with Gasteiger partial charge in [0.1, 0.15) is 5.76 Å². The van der Waals surface area contributed by atoms with E-state index >= 15 is 0 Å². The van der Waals surface area contributed by atoms with Crippen LogP contribution in [0.15, 0.2) is 21.6 Å². The fourth-order valence-electron chi connectivity index (χ4n) is 3.64. The van der Waals surface area contributed by atoms with Crippen LogP contribution in [0, 0.1) is 34.6 Å². The zero-order valence-corrected chi connectivity index (χ0v) is 18.4. The standard InChI is InChI=1S/C20H28N4O4S/c1-13-10-14(2)17(5)20(16(13)4)29(26,27)24-8-6-23(7-9-24)12-19(25)21-18-11-15(3)28-22-18/h10-11H,6-9,12H2,1-5H3,(H,21,22,25). The summed E-state index contributed by atoms with van der Waals surface area (Å²) in [4.78, 5) is 14.5. The summed E-state index contributed by atoms with van der Waals surface area (Å²) in [6.45, 7) is 11.2. The van der Waals surface area contributed by atoms with E-state index < -0.39 is 10.0 Å². The molecular weight excluding hydrogens is 392 g/mol. The Morgan fingerprint density at radius 2 is 1.62 bits per heavy atom. The Labute approximate surface area is 171 Å². The highest BCUT2D eigenvalue weighted by Gasteiger charge is 2.32. The van der Waals surface area contributed by atoms with Crippen LogP contribution in [0.5, 0.6) is 0 Å². The average molecular weight is 421 g/mol. The van der Waals surface area contributed by atoms with Crippen LogP contribution in [0.2, 0.25) is 0 Å². The van der Waals surface area contributed by atoms with Crippen LogP contribution >= 0.6 is 0 Å². The van der Waals surface area contributed by atoms with E-state index in [0.717, 1.165) is 22.3 Å². The van der Waals surface area contributed by atoms with Crippen molar-refractivity contribution in [2.45, 2.75) is 39.5 Å². The molecule has 29 heavy (non-hydrogen) atoms. The number of nitrogens with one attached hydrogen (secondary N) is 1. The summed E-state index contributed by atoms with van der Waals surface area (Å²) in [6, 6.07) is 3.67. The maximum absolute atomic E-state index is 13.3. The maximum Gasteiger partial charge on any atom is 0.243 e. The highest BCUT2D eigenvalue weighted by atomic mass is 32.2. The van der Waals surface area contributed by atoms with E-state index in [1.807, 2.05) is 38.7 Å². The molecule has 0 unspecified atom stereocenters. The number of nitrogens with zero attached hydrogens (tertiary/aromatic N) is 3. The molecule has 1 N–H and O–H groups in total. The minimum absolute atomic E-state index is 0.182. The molecule has 1 fully saturated rings. The molecule has 8 nitrogen and oxygen atoms in total. The second-order valence-corrected chi connectivity index (χ2v) is 9.52. The number of aryl methyl sites for hydroxylation is 3.